The lowest BCUT2D eigenvalue weighted by Crippen LogP contribution is -2.44. The van der Waals surface area contributed by atoms with Gasteiger partial charge < -0.3 is 19.5 Å². The Morgan fingerprint density at radius 3 is 2.95 bits per heavy atom. The third kappa shape index (κ3) is 2.98. The number of aliphatic hydroxyl groups is 1. The number of amides is 1. The molecule has 6 nitrogen and oxygen atoms in total. The topological polar surface area (TPSA) is 61.6 Å². The van der Waals surface area contributed by atoms with Crippen LogP contribution in [0.15, 0.2) is 30.6 Å². The first-order chi connectivity index (χ1) is 10.5. The molecule has 1 saturated heterocycles. The average Bonchev–Trinajstić information content (AvgIpc) is 3.03. The monoisotopic (exact) mass is 302 g/mol. The summed E-state index contributed by atoms with van der Waals surface area (Å²) in [5, 5.41) is 10.5. The van der Waals surface area contributed by atoms with Crippen molar-refractivity contribution >= 4 is 16.9 Å². The van der Waals surface area contributed by atoms with E-state index < -0.39 is 5.60 Å². The molecule has 0 bridgehead atoms. The van der Waals surface area contributed by atoms with E-state index in [4.69, 9.17) is 0 Å². The predicted octanol–water partition coefficient (Wildman–Crippen LogP) is 0.561. The second-order valence-corrected chi connectivity index (χ2v) is 6.39. The fraction of sp³-hybridized carbons (Fsp3) is 0.500. The number of imidazole rings is 1. The number of β-amino-alcohol motifs (C(OH)–C–C–N with tert-alkyl or cyclic N) is 1. The molecule has 1 amide bonds. The van der Waals surface area contributed by atoms with Gasteiger partial charge in [-0.05, 0) is 32.6 Å². The maximum atomic E-state index is 12.5. The smallest absolute Gasteiger partial charge is 0.242 e. The summed E-state index contributed by atoms with van der Waals surface area (Å²) in [6, 6.07) is 7.77. The summed E-state index contributed by atoms with van der Waals surface area (Å²) in [4.78, 5) is 20.5. The second-order valence-electron chi connectivity index (χ2n) is 6.39. The van der Waals surface area contributed by atoms with Crippen LogP contribution in [0.2, 0.25) is 0 Å². The van der Waals surface area contributed by atoms with Crippen LogP contribution in [0.5, 0.6) is 0 Å². The van der Waals surface area contributed by atoms with Crippen LogP contribution in [0.25, 0.3) is 11.0 Å². The first kappa shape index (κ1) is 15.0. The Hall–Kier alpha value is -1.92. The van der Waals surface area contributed by atoms with Gasteiger partial charge in [-0.3, -0.25) is 4.79 Å². The van der Waals surface area contributed by atoms with Gasteiger partial charge in [-0.25, -0.2) is 4.98 Å². The SMILES string of the molecule is CN(C)C[C@@]1(O)CCN(C(=O)Cn2cnc3ccccc32)C1. The van der Waals surface area contributed by atoms with E-state index in [2.05, 4.69) is 4.98 Å². The molecule has 1 N–H and O–H groups in total. The van der Waals surface area contributed by atoms with E-state index in [0.29, 0.717) is 26.1 Å². The van der Waals surface area contributed by atoms with Crippen molar-refractivity contribution in [1.29, 1.82) is 0 Å². The van der Waals surface area contributed by atoms with Crippen molar-refractivity contribution in [3.05, 3.63) is 30.6 Å². The number of carbonyl (C=O) groups excluding carboxylic acids is 1. The zero-order valence-electron chi connectivity index (χ0n) is 13.1. The van der Waals surface area contributed by atoms with Crippen molar-refractivity contribution in [3.8, 4) is 0 Å². The quantitative estimate of drug-likeness (QED) is 0.896. The first-order valence-electron chi connectivity index (χ1n) is 7.52. The fourth-order valence-electron chi connectivity index (χ4n) is 3.17. The highest BCUT2D eigenvalue weighted by Crippen LogP contribution is 2.22. The Bertz CT molecular complexity index is 682. The van der Waals surface area contributed by atoms with E-state index in [-0.39, 0.29) is 12.5 Å². The zero-order chi connectivity index (χ0) is 15.7. The third-order valence-corrected chi connectivity index (χ3v) is 4.13. The number of hydrogen-bond acceptors (Lipinski definition) is 4. The summed E-state index contributed by atoms with van der Waals surface area (Å²) in [6.45, 7) is 1.84. The number of para-hydroxylation sites is 2. The highest BCUT2D eigenvalue weighted by Gasteiger charge is 2.38. The Morgan fingerprint density at radius 1 is 1.41 bits per heavy atom. The van der Waals surface area contributed by atoms with Crippen LogP contribution >= 0.6 is 0 Å². The van der Waals surface area contributed by atoms with E-state index >= 15 is 0 Å². The van der Waals surface area contributed by atoms with Gasteiger partial charge in [0.15, 0.2) is 0 Å². The fourth-order valence-corrected chi connectivity index (χ4v) is 3.17. The summed E-state index contributed by atoms with van der Waals surface area (Å²) in [5.74, 6) is 0.0258. The second kappa shape index (κ2) is 5.70. The van der Waals surface area contributed by atoms with Crippen molar-refractivity contribution in [2.45, 2.75) is 18.6 Å². The minimum absolute atomic E-state index is 0.0258. The molecule has 22 heavy (non-hydrogen) atoms. The number of nitrogens with zero attached hydrogens (tertiary/aromatic N) is 4. The molecule has 1 aromatic carbocycles. The number of aromatic nitrogens is 2. The summed E-state index contributed by atoms with van der Waals surface area (Å²) in [5.41, 5.74) is 1.05. The van der Waals surface area contributed by atoms with Gasteiger partial charge >= 0.3 is 0 Å². The lowest BCUT2D eigenvalue weighted by atomic mass is 10.0. The Balaban J connectivity index is 1.68. The molecule has 1 fully saturated rings. The van der Waals surface area contributed by atoms with Gasteiger partial charge in [-0.1, -0.05) is 12.1 Å². The van der Waals surface area contributed by atoms with E-state index in [0.717, 1.165) is 11.0 Å². The maximum absolute atomic E-state index is 12.5. The molecule has 0 aliphatic carbocycles. The van der Waals surface area contributed by atoms with Crippen molar-refractivity contribution in [2.24, 2.45) is 0 Å². The van der Waals surface area contributed by atoms with Crippen LogP contribution in [0.1, 0.15) is 6.42 Å². The van der Waals surface area contributed by atoms with Gasteiger partial charge in [0.05, 0.1) is 29.5 Å². The molecule has 6 heteroatoms. The molecule has 0 unspecified atom stereocenters. The van der Waals surface area contributed by atoms with Gasteiger partial charge in [0, 0.05) is 13.1 Å². The number of likely N-dealkylation sites (tertiary alicyclic amines) is 1. The molecule has 1 atom stereocenters. The molecule has 1 aliphatic heterocycles. The van der Waals surface area contributed by atoms with Crippen molar-refractivity contribution in [3.63, 3.8) is 0 Å². The van der Waals surface area contributed by atoms with Gasteiger partial charge in [0.25, 0.3) is 0 Å². The molecule has 118 valence electrons. The number of likely N-dealkylation sites (N-methyl/N-ethyl adjacent to an activating group) is 1. The number of benzene rings is 1. The van der Waals surface area contributed by atoms with E-state index in [1.54, 1.807) is 11.2 Å². The molecule has 0 saturated carbocycles. The Morgan fingerprint density at radius 2 is 2.18 bits per heavy atom. The molecule has 2 aromatic rings. The largest absolute Gasteiger partial charge is 0.387 e. The highest BCUT2D eigenvalue weighted by atomic mass is 16.3. The molecule has 0 spiro atoms. The van der Waals surface area contributed by atoms with Gasteiger partial charge in [0.1, 0.15) is 6.54 Å². The van der Waals surface area contributed by atoms with Crippen LogP contribution in [-0.2, 0) is 11.3 Å². The molecular formula is C16H22N4O2. The molecule has 3 rings (SSSR count). The average molecular weight is 302 g/mol. The van der Waals surface area contributed by atoms with Gasteiger partial charge in [0.2, 0.25) is 5.91 Å². The van der Waals surface area contributed by atoms with Crippen molar-refractivity contribution in [1.82, 2.24) is 19.4 Å². The lowest BCUT2D eigenvalue weighted by molar-refractivity contribution is -0.131. The minimum atomic E-state index is -0.795. The van der Waals surface area contributed by atoms with Gasteiger partial charge in [-0.2, -0.15) is 0 Å². The normalized spacial score (nSPS) is 21.9. The molecule has 2 heterocycles. The van der Waals surface area contributed by atoms with Crippen LogP contribution in [0.3, 0.4) is 0 Å². The van der Waals surface area contributed by atoms with E-state index in [1.165, 1.54) is 0 Å². The Kier molecular flexibility index (Phi) is 3.88. The molecule has 1 aliphatic rings. The molecular weight excluding hydrogens is 280 g/mol. The van der Waals surface area contributed by atoms with Crippen LogP contribution in [-0.4, -0.2) is 69.7 Å². The zero-order valence-corrected chi connectivity index (χ0v) is 13.1. The first-order valence-corrected chi connectivity index (χ1v) is 7.52. The number of hydrogen-bond donors (Lipinski definition) is 1. The standard InChI is InChI=1S/C16H22N4O2/c1-18(2)10-16(22)7-8-19(11-16)15(21)9-20-12-17-13-5-3-4-6-14(13)20/h3-6,12,22H,7-11H2,1-2H3/t16-/m0/s1. The molecule has 1 aromatic heterocycles. The third-order valence-electron chi connectivity index (χ3n) is 4.13. The highest BCUT2D eigenvalue weighted by molar-refractivity contribution is 5.80. The number of fused-ring (bicyclic) bond motifs is 1. The van der Waals surface area contributed by atoms with Crippen molar-refractivity contribution < 1.29 is 9.90 Å². The van der Waals surface area contributed by atoms with Crippen LogP contribution in [0.4, 0.5) is 0 Å². The predicted molar refractivity (Wildman–Crippen MR) is 84.4 cm³/mol. The summed E-state index contributed by atoms with van der Waals surface area (Å²) in [6.07, 6.45) is 2.33. The summed E-state index contributed by atoms with van der Waals surface area (Å²) in [7, 11) is 3.86. The minimum Gasteiger partial charge on any atom is -0.387 e. The number of rotatable bonds is 4. The van der Waals surface area contributed by atoms with Crippen LogP contribution < -0.4 is 0 Å². The Labute approximate surface area is 130 Å². The van der Waals surface area contributed by atoms with Crippen LogP contribution in [0, 0.1) is 0 Å². The maximum Gasteiger partial charge on any atom is 0.242 e. The van der Waals surface area contributed by atoms with E-state index in [1.807, 2.05) is 47.8 Å². The van der Waals surface area contributed by atoms with Gasteiger partial charge in [-0.15, -0.1) is 0 Å². The molecule has 0 radical (unpaired) electrons. The number of carbonyl (C=O) groups is 1. The summed E-state index contributed by atoms with van der Waals surface area (Å²) < 4.78 is 1.86. The lowest BCUT2D eigenvalue weighted by Gasteiger charge is -2.26. The van der Waals surface area contributed by atoms with Crippen molar-refractivity contribution in [2.75, 3.05) is 33.7 Å². The summed E-state index contributed by atoms with van der Waals surface area (Å²) >= 11 is 0. The van der Waals surface area contributed by atoms with E-state index in [9.17, 15) is 9.90 Å².